The summed E-state index contributed by atoms with van der Waals surface area (Å²) in [5.41, 5.74) is 3.45. The van der Waals surface area contributed by atoms with Crippen LogP contribution >= 0.6 is 0 Å². The molecule has 0 radical (unpaired) electrons. The van der Waals surface area contributed by atoms with E-state index in [9.17, 15) is 4.79 Å². The highest BCUT2D eigenvalue weighted by Gasteiger charge is 2.42. The van der Waals surface area contributed by atoms with Crippen LogP contribution in [-0.2, 0) is 16.8 Å². The Balaban J connectivity index is 1.37. The summed E-state index contributed by atoms with van der Waals surface area (Å²) < 4.78 is 11.7. The van der Waals surface area contributed by atoms with E-state index < -0.39 is 0 Å². The van der Waals surface area contributed by atoms with E-state index in [2.05, 4.69) is 32.8 Å². The van der Waals surface area contributed by atoms with Gasteiger partial charge in [-0.1, -0.05) is 24.3 Å². The van der Waals surface area contributed by atoms with Crippen LogP contribution in [0.2, 0.25) is 0 Å². The van der Waals surface area contributed by atoms with Gasteiger partial charge in [-0.25, -0.2) is 0 Å². The first-order chi connectivity index (χ1) is 14.7. The van der Waals surface area contributed by atoms with Crippen LogP contribution in [0, 0.1) is 0 Å². The van der Waals surface area contributed by atoms with Crippen LogP contribution in [0.15, 0.2) is 42.5 Å². The van der Waals surface area contributed by atoms with Gasteiger partial charge in [-0.2, -0.15) is 5.21 Å². The van der Waals surface area contributed by atoms with Gasteiger partial charge in [0.2, 0.25) is 5.82 Å². The van der Waals surface area contributed by atoms with Crippen LogP contribution in [0.5, 0.6) is 5.75 Å². The van der Waals surface area contributed by atoms with Crippen LogP contribution in [0.3, 0.4) is 0 Å². The van der Waals surface area contributed by atoms with Crippen molar-refractivity contribution in [2.45, 2.75) is 24.9 Å². The summed E-state index contributed by atoms with van der Waals surface area (Å²) in [7, 11) is 1.69. The molecule has 5 rings (SSSR count). The van der Waals surface area contributed by atoms with Crippen molar-refractivity contribution in [2.75, 3.05) is 26.8 Å². The second-order valence-corrected chi connectivity index (χ2v) is 7.69. The molecule has 2 aliphatic rings. The van der Waals surface area contributed by atoms with Gasteiger partial charge in [-0.3, -0.25) is 4.79 Å². The van der Waals surface area contributed by atoms with Crippen molar-refractivity contribution in [1.29, 1.82) is 0 Å². The normalized spacial score (nSPS) is 17.6. The number of fused-ring (bicyclic) bond motifs is 2. The molecule has 0 aliphatic carbocycles. The van der Waals surface area contributed by atoms with E-state index in [4.69, 9.17) is 9.47 Å². The zero-order chi connectivity index (χ0) is 20.6. The molecule has 1 spiro atoms. The first kappa shape index (κ1) is 18.7. The molecule has 1 amide bonds. The SMILES string of the molecule is COc1ccc2c(c1)CCOC21CCN(C(=O)c2ccccc2-c2nn[nH]n2)CC1. The maximum Gasteiger partial charge on any atom is 0.254 e. The minimum Gasteiger partial charge on any atom is -0.497 e. The molecule has 0 atom stereocenters. The molecular weight excluding hydrogens is 382 g/mol. The maximum absolute atomic E-state index is 13.3. The Hall–Kier alpha value is -3.26. The minimum absolute atomic E-state index is 0.0176. The Morgan fingerprint density at radius 2 is 2.03 bits per heavy atom. The van der Waals surface area contributed by atoms with Gasteiger partial charge in [-0.05, 0) is 53.8 Å². The highest BCUT2D eigenvalue weighted by Crippen LogP contribution is 2.42. The van der Waals surface area contributed by atoms with Crippen molar-refractivity contribution in [2.24, 2.45) is 0 Å². The van der Waals surface area contributed by atoms with Crippen LogP contribution in [-0.4, -0.2) is 58.2 Å². The number of amides is 1. The highest BCUT2D eigenvalue weighted by molar-refractivity contribution is 6.00. The number of methoxy groups -OCH3 is 1. The van der Waals surface area contributed by atoms with Crippen LogP contribution in [0.1, 0.15) is 34.3 Å². The summed E-state index contributed by atoms with van der Waals surface area (Å²) in [5.74, 6) is 1.28. The summed E-state index contributed by atoms with van der Waals surface area (Å²) in [6.07, 6.45) is 2.42. The minimum atomic E-state index is -0.330. The number of aromatic amines is 1. The largest absolute Gasteiger partial charge is 0.497 e. The number of carbonyl (C=O) groups is 1. The molecule has 3 aromatic rings. The van der Waals surface area contributed by atoms with Gasteiger partial charge in [0.15, 0.2) is 0 Å². The second kappa shape index (κ2) is 7.53. The van der Waals surface area contributed by atoms with Gasteiger partial charge in [0, 0.05) is 18.7 Å². The van der Waals surface area contributed by atoms with Crippen LogP contribution in [0.4, 0.5) is 0 Å². The number of rotatable bonds is 3. The fourth-order valence-corrected chi connectivity index (χ4v) is 4.58. The van der Waals surface area contributed by atoms with Gasteiger partial charge < -0.3 is 14.4 Å². The average molecular weight is 405 g/mol. The third kappa shape index (κ3) is 3.13. The van der Waals surface area contributed by atoms with E-state index in [1.807, 2.05) is 35.2 Å². The molecule has 0 unspecified atom stereocenters. The number of ether oxygens (including phenoxy) is 2. The van der Waals surface area contributed by atoms with Gasteiger partial charge in [-0.15, -0.1) is 10.2 Å². The molecule has 3 heterocycles. The molecule has 1 aromatic heterocycles. The molecule has 1 fully saturated rings. The second-order valence-electron chi connectivity index (χ2n) is 7.69. The van der Waals surface area contributed by atoms with Crippen molar-refractivity contribution in [3.63, 3.8) is 0 Å². The third-order valence-corrected chi connectivity index (χ3v) is 6.16. The number of nitrogens with one attached hydrogen (secondary N) is 1. The zero-order valence-corrected chi connectivity index (χ0v) is 16.8. The van der Waals surface area contributed by atoms with Crippen molar-refractivity contribution < 1.29 is 14.3 Å². The predicted octanol–water partition coefficient (Wildman–Crippen LogP) is 2.58. The topological polar surface area (TPSA) is 93.2 Å². The molecule has 1 saturated heterocycles. The quantitative estimate of drug-likeness (QED) is 0.720. The number of hydrogen-bond acceptors (Lipinski definition) is 6. The van der Waals surface area contributed by atoms with E-state index in [1.165, 1.54) is 11.1 Å². The summed E-state index contributed by atoms with van der Waals surface area (Å²) in [6.45, 7) is 1.95. The lowest BCUT2D eigenvalue weighted by atomic mass is 9.79. The summed E-state index contributed by atoms with van der Waals surface area (Å²) >= 11 is 0. The molecule has 8 heteroatoms. The standard InChI is InChI=1S/C22H23N5O3/c1-29-16-6-7-19-15(14-16)8-13-30-22(19)9-11-27(12-10-22)21(28)18-5-3-2-4-17(18)20-23-25-26-24-20/h2-7,14H,8-13H2,1H3,(H,23,24,25,26). The number of carbonyl (C=O) groups excluding carboxylic acids is 1. The number of piperidine rings is 1. The van der Waals surface area contributed by atoms with E-state index in [0.717, 1.165) is 25.0 Å². The molecule has 154 valence electrons. The number of nitrogens with zero attached hydrogens (tertiary/aromatic N) is 4. The third-order valence-electron chi connectivity index (χ3n) is 6.16. The predicted molar refractivity (Wildman–Crippen MR) is 109 cm³/mol. The van der Waals surface area contributed by atoms with E-state index >= 15 is 0 Å². The number of benzene rings is 2. The molecule has 8 nitrogen and oxygen atoms in total. The lowest BCUT2D eigenvalue weighted by Crippen LogP contribution is -2.48. The summed E-state index contributed by atoms with van der Waals surface area (Å²) in [5, 5.41) is 14.1. The molecule has 30 heavy (non-hydrogen) atoms. The Bertz CT molecular complexity index is 1060. The molecule has 0 bridgehead atoms. The smallest absolute Gasteiger partial charge is 0.254 e. The van der Waals surface area contributed by atoms with Crippen LogP contribution < -0.4 is 4.74 Å². The maximum atomic E-state index is 13.3. The number of aromatic nitrogens is 4. The number of likely N-dealkylation sites (tertiary alicyclic amines) is 1. The van der Waals surface area contributed by atoms with Gasteiger partial charge in [0.1, 0.15) is 5.75 Å². The monoisotopic (exact) mass is 405 g/mol. The van der Waals surface area contributed by atoms with E-state index in [0.29, 0.717) is 36.6 Å². The first-order valence-corrected chi connectivity index (χ1v) is 10.1. The average Bonchev–Trinajstić information content (AvgIpc) is 3.34. The Morgan fingerprint density at radius 3 is 2.80 bits per heavy atom. The van der Waals surface area contributed by atoms with E-state index in [-0.39, 0.29) is 11.5 Å². The fourth-order valence-electron chi connectivity index (χ4n) is 4.58. The molecular formula is C22H23N5O3. The van der Waals surface area contributed by atoms with Gasteiger partial charge >= 0.3 is 0 Å². The lowest BCUT2D eigenvalue weighted by Gasteiger charge is -2.45. The highest BCUT2D eigenvalue weighted by atomic mass is 16.5. The first-order valence-electron chi connectivity index (χ1n) is 10.1. The molecule has 2 aliphatic heterocycles. The van der Waals surface area contributed by atoms with Gasteiger partial charge in [0.25, 0.3) is 5.91 Å². The van der Waals surface area contributed by atoms with Gasteiger partial charge in [0.05, 0.1) is 24.9 Å². The van der Waals surface area contributed by atoms with Crippen molar-refractivity contribution in [3.8, 4) is 17.1 Å². The molecule has 2 aromatic carbocycles. The van der Waals surface area contributed by atoms with Crippen molar-refractivity contribution in [3.05, 3.63) is 59.2 Å². The summed E-state index contributed by atoms with van der Waals surface area (Å²) in [4.78, 5) is 15.2. The van der Waals surface area contributed by atoms with Crippen molar-refractivity contribution in [1.82, 2.24) is 25.5 Å². The molecule has 1 N–H and O–H groups in total. The van der Waals surface area contributed by atoms with Crippen molar-refractivity contribution >= 4 is 5.91 Å². The lowest BCUT2D eigenvalue weighted by molar-refractivity contribution is -0.0935. The number of hydrogen-bond donors (Lipinski definition) is 1. The molecule has 0 saturated carbocycles. The van der Waals surface area contributed by atoms with E-state index in [1.54, 1.807) is 7.11 Å². The zero-order valence-electron chi connectivity index (χ0n) is 16.8. The fraction of sp³-hybridized carbons (Fsp3) is 0.364. The number of tetrazole rings is 1. The number of H-pyrrole nitrogens is 1. The Morgan fingerprint density at radius 1 is 1.20 bits per heavy atom. The van der Waals surface area contributed by atoms with Crippen LogP contribution in [0.25, 0.3) is 11.4 Å². The summed E-state index contributed by atoms with van der Waals surface area (Å²) in [6, 6.07) is 13.6. The Kier molecular flexibility index (Phi) is 4.71. The Labute approximate surface area is 174 Å².